The predicted octanol–water partition coefficient (Wildman–Crippen LogP) is 1.20. The maximum atomic E-state index is 11.2. The third-order valence-corrected chi connectivity index (χ3v) is 2.10. The number of hydrogen-bond acceptors (Lipinski definition) is 3. The van der Waals surface area contributed by atoms with Gasteiger partial charge in [-0.2, -0.15) is 0 Å². The first-order valence-electron chi connectivity index (χ1n) is 5.29. The summed E-state index contributed by atoms with van der Waals surface area (Å²) in [5.74, 6) is 0. The highest BCUT2D eigenvalue weighted by molar-refractivity contribution is 5.92. The Kier molecular flexibility index (Phi) is 5.15. The third kappa shape index (κ3) is 3.78. The molecular formula is C11H18N4O. The van der Waals surface area contributed by atoms with Crippen LogP contribution in [-0.2, 0) is 0 Å². The summed E-state index contributed by atoms with van der Waals surface area (Å²) >= 11 is 0. The molecule has 0 aliphatic rings. The second-order valence-electron chi connectivity index (χ2n) is 3.32. The first kappa shape index (κ1) is 12.3. The molecule has 0 radical (unpaired) electrons. The molecule has 1 aromatic carbocycles. The number of nitrogens with two attached hydrogens (primary N) is 1. The molecule has 0 unspecified atom stereocenters. The van der Waals surface area contributed by atoms with Gasteiger partial charge in [0.1, 0.15) is 0 Å². The minimum absolute atomic E-state index is 0.229. The molecule has 0 atom stereocenters. The van der Waals surface area contributed by atoms with Crippen LogP contribution in [0.4, 0.5) is 16.2 Å². The van der Waals surface area contributed by atoms with Crippen molar-refractivity contribution in [1.29, 1.82) is 0 Å². The SMILES string of the molecule is CNC(=O)Nc1ccccc1NCCCN. The molecule has 0 aliphatic heterocycles. The molecule has 0 fully saturated rings. The molecule has 0 spiro atoms. The summed E-state index contributed by atoms with van der Waals surface area (Å²) in [6.07, 6.45) is 0.897. The van der Waals surface area contributed by atoms with Crippen LogP contribution in [0.3, 0.4) is 0 Å². The van der Waals surface area contributed by atoms with E-state index in [-0.39, 0.29) is 6.03 Å². The Labute approximate surface area is 95.4 Å². The number of urea groups is 1. The summed E-state index contributed by atoms with van der Waals surface area (Å²) in [7, 11) is 1.58. The van der Waals surface area contributed by atoms with Gasteiger partial charge < -0.3 is 21.7 Å². The fourth-order valence-electron chi connectivity index (χ4n) is 1.26. The van der Waals surface area contributed by atoms with Crippen LogP contribution >= 0.6 is 0 Å². The van der Waals surface area contributed by atoms with Gasteiger partial charge in [0.15, 0.2) is 0 Å². The zero-order valence-electron chi connectivity index (χ0n) is 9.42. The highest BCUT2D eigenvalue weighted by Crippen LogP contribution is 2.20. The van der Waals surface area contributed by atoms with E-state index < -0.39 is 0 Å². The lowest BCUT2D eigenvalue weighted by Gasteiger charge is -2.12. The van der Waals surface area contributed by atoms with Gasteiger partial charge in [-0.15, -0.1) is 0 Å². The minimum Gasteiger partial charge on any atom is -0.383 e. The zero-order chi connectivity index (χ0) is 11.8. The molecule has 1 aromatic rings. The summed E-state index contributed by atoms with van der Waals surface area (Å²) in [5, 5.41) is 8.47. The average Bonchev–Trinajstić information content (AvgIpc) is 2.31. The van der Waals surface area contributed by atoms with Gasteiger partial charge >= 0.3 is 6.03 Å². The van der Waals surface area contributed by atoms with Crippen molar-refractivity contribution in [3.05, 3.63) is 24.3 Å². The molecule has 0 aliphatic carbocycles. The van der Waals surface area contributed by atoms with Crippen molar-refractivity contribution in [2.24, 2.45) is 5.73 Å². The maximum Gasteiger partial charge on any atom is 0.319 e. The molecule has 2 amide bonds. The fourth-order valence-corrected chi connectivity index (χ4v) is 1.26. The van der Waals surface area contributed by atoms with Crippen molar-refractivity contribution in [2.45, 2.75) is 6.42 Å². The number of carbonyl (C=O) groups excluding carboxylic acids is 1. The molecule has 0 bridgehead atoms. The van der Waals surface area contributed by atoms with E-state index >= 15 is 0 Å². The number of carbonyl (C=O) groups is 1. The number of benzene rings is 1. The van der Waals surface area contributed by atoms with Gasteiger partial charge in [-0.1, -0.05) is 12.1 Å². The molecule has 0 aromatic heterocycles. The van der Waals surface area contributed by atoms with Crippen LogP contribution in [0.1, 0.15) is 6.42 Å². The van der Waals surface area contributed by atoms with E-state index in [9.17, 15) is 4.79 Å². The van der Waals surface area contributed by atoms with Crippen LogP contribution in [0.2, 0.25) is 0 Å². The van der Waals surface area contributed by atoms with Gasteiger partial charge in [-0.05, 0) is 25.1 Å². The van der Waals surface area contributed by atoms with Gasteiger partial charge in [0.2, 0.25) is 0 Å². The van der Waals surface area contributed by atoms with E-state index in [0.717, 1.165) is 24.3 Å². The smallest absolute Gasteiger partial charge is 0.319 e. The molecule has 5 nitrogen and oxygen atoms in total. The van der Waals surface area contributed by atoms with Crippen LogP contribution < -0.4 is 21.7 Å². The Balaban J connectivity index is 2.63. The fraction of sp³-hybridized carbons (Fsp3) is 0.364. The monoisotopic (exact) mass is 222 g/mol. The first-order valence-corrected chi connectivity index (χ1v) is 5.29. The van der Waals surface area contributed by atoms with E-state index in [1.54, 1.807) is 7.05 Å². The Hall–Kier alpha value is -1.75. The van der Waals surface area contributed by atoms with Crippen LogP contribution in [0, 0.1) is 0 Å². The van der Waals surface area contributed by atoms with Crippen molar-refractivity contribution in [1.82, 2.24) is 5.32 Å². The van der Waals surface area contributed by atoms with E-state index in [4.69, 9.17) is 5.73 Å². The standard InChI is InChI=1S/C11H18N4O/c1-13-11(16)15-10-6-3-2-5-9(10)14-8-4-7-12/h2-3,5-6,14H,4,7-8,12H2,1H3,(H2,13,15,16). The second kappa shape index (κ2) is 6.68. The van der Waals surface area contributed by atoms with E-state index in [0.29, 0.717) is 6.54 Å². The quantitative estimate of drug-likeness (QED) is 0.565. The summed E-state index contributed by atoms with van der Waals surface area (Å²) in [6.45, 7) is 1.45. The minimum atomic E-state index is -0.229. The molecule has 1 rings (SSSR count). The van der Waals surface area contributed by atoms with Crippen LogP contribution in [-0.4, -0.2) is 26.2 Å². The van der Waals surface area contributed by atoms with Crippen LogP contribution in [0.5, 0.6) is 0 Å². The number of rotatable bonds is 5. The Morgan fingerprint density at radius 2 is 2.00 bits per heavy atom. The summed E-state index contributed by atoms with van der Waals surface area (Å²) in [4.78, 5) is 11.2. The van der Waals surface area contributed by atoms with Crippen molar-refractivity contribution < 1.29 is 4.79 Å². The van der Waals surface area contributed by atoms with Gasteiger partial charge in [-0.3, -0.25) is 0 Å². The Bertz CT molecular complexity index is 341. The van der Waals surface area contributed by atoms with Crippen molar-refractivity contribution in [2.75, 3.05) is 30.8 Å². The molecule has 0 heterocycles. The Morgan fingerprint density at radius 3 is 2.62 bits per heavy atom. The van der Waals surface area contributed by atoms with Gasteiger partial charge in [0.05, 0.1) is 11.4 Å². The predicted molar refractivity (Wildman–Crippen MR) is 66.7 cm³/mol. The van der Waals surface area contributed by atoms with E-state index in [1.807, 2.05) is 24.3 Å². The van der Waals surface area contributed by atoms with E-state index in [2.05, 4.69) is 16.0 Å². The summed E-state index contributed by atoms with van der Waals surface area (Å²) in [6, 6.07) is 7.33. The van der Waals surface area contributed by atoms with Crippen molar-refractivity contribution in [3.63, 3.8) is 0 Å². The van der Waals surface area contributed by atoms with Crippen molar-refractivity contribution >= 4 is 17.4 Å². The molecule has 0 saturated carbocycles. The maximum absolute atomic E-state index is 11.2. The molecule has 16 heavy (non-hydrogen) atoms. The van der Waals surface area contributed by atoms with Gasteiger partial charge in [-0.25, -0.2) is 4.79 Å². The van der Waals surface area contributed by atoms with Gasteiger partial charge in [0, 0.05) is 13.6 Å². The van der Waals surface area contributed by atoms with Crippen molar-refractivity contribution in [3.8, 4) is 0 Å². The lowest BCUT2D eigenvalue weighted by molar-refractivity contribution is 0.254. The highest BCUT2D eigenvalue weighted by Gasteiger charge is 2.03. The van der Waals surface area contributed by atoms with Crippen LogP contribution in [0.15, 0.2) is 24.3 Å². The summed E-state index contributed by atoms with van der Waals surface area (Å²) < 4.78 is 0. The average molecular weight is 222 g/mol. The normalized spacial score (nSPS) is 9.62. The second-order valence-corrected chi connectivity index (χ2v) is 3.32. The number of para-hydroxylation sites is 2. The largest absolute Gasteiger partial charge is 0.383 e. The highest BCUT2D eigenvalue weighted by atomic mass is 16.2. The number of amides is 2. The van der Waals surface area contributed by atoms with Gasteiger partial charge in [0.25, 0.3) is 0 Å². The molecule has 0 saturated heterocycles. The lowest BCUT2D eigenvalue weighted by atomic mass is 10.2. The first-order chi connectivity index (χ1) is 7.77. The zero-order valence-corrected chi connectivity index (χ0v) is 9.42. The summed E-state index contributed by atoms with van der Waals surface area (Å²) in [5.41, 5.74) is 7.08. The molecule has 5 N–H and O–H groups in total. The topological polar surface area (TPSA) is 79.2 Å². The Morgan fingerprint density at radius 1 is 1.31 bits per heavy atom. The van der Waals surface area contributed by atoms with E-state index in [1.165, 1.54) is 0 Å². The lowest BCUT2D eigenvalue weighted by Crippen LogP contribution is -2.25. The number of nitrogens with one attached hydrogen (secondary N) is 3. The third-order valence-electron chi connectivity index (χ3n) is 2.10. The molecule has 88 valence electrons. The molecular weight excluding hydrogens is 204 g/mol. The number of hydrogen-bond donors (Lipinski definition) is 4. The van der Waals surface area contributed by atoms with Crippen LogP contribution in [0.25, 0.3) is 0 Å². The number of anilines is 2. The molecule has 5 heteroatoms.